The molecule has 0 aromatic heterocycles. The second-order valence-corrected chi connectivity index (χ2v) is 6.12. The SMILES string of the molecule is COC(=O)C[C@H](NC(=O)c1ccccc1)C(O)CCCC(C)C. The Morgan fingerprint density at radius 1 is 1.17 bits per heavy atom. The molecule has 5 nitrogen and oxygen atoms in total. The van der Waals surface area contributed by atoms with Crippen molar-refractivity contribution in [2.75, 3.05) is 7.11 Å². The van der Waals surface area contributed by atoms with E-state index in [9.17, 15) is 14.7 Å². The van der Waals surface area contributed by atoms with Gasteiger partial charge in [0.1, 0.15) is 0 Å². The van der Waals surface area contributed by atoms with E-state index in [0.29, 0.717) is 17.9 Å². The highest BCUT2D eigenvalue weighted by atomic mass is 16.5. The number of nitrogens with one attached hydrogen (secondary N) is 1. The summed E-state index contributed by atoms with van der Waals surface area (Å²) in [5.74, 6) is -0.200. The predicted octanol–water partition coefficient (Wildman–Crippen LogP) is 2.54. The van der Waals surface area contributed by atoms with Gasteiger partial charge in [-0.1, -0.05) is 44.9 Å². The van der Waals surface area contributed by atoms with Gasteiger partial charge < -0.3 is 15.2 Å². The van der Waals surface area contributed by atoms with Gasteiger partial charge in [-0.05, 0) is 24.5 Å². The first-order valence-corrected chi connectivity index (χ1v) is 8.04. The van der Waals surface area contributed by atoms with Crippen LogP contribution in [0.1, 0.15) is 49.9 Å². The van der Waals surface area contributed by atoms with Crippen LogP contribution < -0.4 is 5.32 Å². The van der Waals surface area contributed by atoms with E-state index in [4.69, 9.17) is 0 Å². The molecule has 2 N–H and O–H groups in total. The van der Waals surface area contributed by atoms with Crippen molar-refractivity contribution in [1.82, 2.24) is 5.32 Å². The maximum absolute atomic E-state index is 12.2. The quantitative estimate of drug-likeness (QED) is 0.685. The van der Waals surface area contributed by atoms with Gasteiger partial charge in [0.2, 0.25) is 0 Å². The molecule has 0 bridgehead atoms. The topological polar surface area (TPSA) is 75.6 Å². The van der Waals surface area contributed by atoms with Gasteiger partial charge in [0.05, 0.1) is 25.7 Å². The Morgan fingerprint density at radius 3 is 2.39 bits per heavy atom. The van der Waals surface area contributed by atoms with Crippen LogP contribution in [0.4, 0.5) is 0 Å². The molecule has 0 radical (unpaired) electrons. The molecule has 5 heteroatoms. The number of rotatable bonds is 9. The molecule has 2 atom stereocenters. The van der Waals surface area contributed by atoms with E-state index in [1.54, 1.807) is 24.3 Å². The third kappa shape index (κ3) is 7.28. The molecule has 0 saturated heterocycles. The Morgan fingerprint density at radius 2 is 1.83 bits per heavy atom. The maximum atomic E-state index is 12.2. The zero-order valence-electron chi connectivity index (χ0n) is 14.1. The summed E-state index contributed by atoms with van der Waals surface area (Å²) in [6.45, 7) is 4.24. The number of carbonyl (C=O) groups is 2. The van der Waals surface area contributed by atoms with Crippen LogP contribution in [0.3, 0.4) is 0 Å². The Hall–Kier alpha value is -1.88. The molecule has 1 aromatic carbocycles. The second kappa shape index (κ2) is 10.0. The van der Waals surface area contributed by atoms with Crippen molar-refractivity contribution in [2.45, 2.75) is 51.7 Å². The lowest BCUT2D eigenvalue weighted by Crippen LogP contribution is -2.45. The number of carbonyl (C=O) groups excluding carboxylic acids is 2. The number of aliphatic hydroxyl groups is 1. The number of esters is 1. The molecule has 1 rings (SSSR count). The molecule has 1 amide bonds. The van der Waals surface area contributed by atoms with Crippen molar-refractivity contribution in [3.05, 3.63) is 35.9 Å². The molecule has 0 saturated carbocycles. The predicted molar refractivity (Wildman–Crippen MR) is 89.0 cm³/mol. The summed E-state index contributed by atoms with van der Waals surface area (Å²) in [5.41, 5.74) is 0.497. The lowest BCUT2D eigenvalue weighted by Gasteiger charge is -2.23. The number of benzene rings is 1. The summed E-state index contributed by atoms with van der Waals surface area (Å²) in [7, 11) is 1.30. The fourth-order valence-electron chi connectivity index (χ4n) is 2.32. The smallest absolute Gasteiger partial charge is 0.307 e. The van der Waals surface area contributed by atoms with E-state index in [-0.39, 0.29) is 12.3 Å². The number of amides is 1. The molecule has 0 aliphatic carbocycles. The molecule has 0 heterocycles. The number of methoxy groups -OCH3 is 1. The summed E-state index contributed by atoms with van der Waals surface area (Å²) < 4.78 is 4.66. The van der Waals surface area contributed by atoms with Gasteiger partial charge in [0.15, 0.2) is 0 Å². The van der Waals surface area contributed by atoms with Crippen LogP contribution in [-0.2, 0) is 9.53 Å². The van der Waals surface area contributed by atoms with Crippen molar-refractivity contribution in [1.29, 1.82) is 0 Å². The van der Waals surface area contributed by atoms with Crippen molar-refractivity contribution in [3.63, 3.8) is 0 Å². The van der Waals surface area contributed by atoms with E-state index in [0.717, 1.165) is 12.8 Å². The van der Waals surface area contributed by atoms with Crippen LogP contribution in [0.5, 0.6) is 0 Å². The van der Waals surface area contributed by atoms with Gasteiger partial charge in [-0.25, -0.2) is 0 Å². The van der Waals surface area contributed by atoms with Crippen LogP contribution >= 0.6 is 0 Å². The Labute approximate surface area is 138 Å². The van der Waals surface area contributed by atoms with E-state index < -0.39 is 18.1 Å². The standard InChI is InChI=1S/C18H27NO4/c1-13(2)8-7-11-16(20)15(12-17(21)23-3)19-18(22)14-9-5-4-6-10-14/h4-6,9-10,13,15-16,20H,7-8,11-12H2,1-3H3,(H,19,22)/t15-,16?/m0/s1. The molecule has 128 valence electrons. The zero-order valence-corrected chi connectivity index (χ0v) is 14.1. The molecule has 0 spiro atoms. The minimum atomic E-state index is -0.777. The van der Waals surface area contributed by atoms with Crippen molar-refractivity contribution < 1.29 is 19.4 Å². The Bertz CT molecular complexity index is 487. The van der Waals surface area contributed by atoms with E-state index in [1.807, 2.05) is 6.07 Å². The first-order valence-electron chi connectivity index (χ1n) is 8.04. The first kappa shape index (κ1) is 19.2. The van der Waals surface area contributed by atoms with Crippen LogP contribution in [0.2, 0.25) is 0 Å². The molecule has 1 unspecified atom stereocenters. The van der Waals surface area contributed by atoms with Crippen molar-refractivity contribution >= 4 is 11.9 Å². The maximum Gasteiger partial charge on any atom is 0.307 e. The third-order valence-corrected chi connectivity index (χ3v) is 3.71. The Balaban J connectivity index is 2.67. The van der Waals surface area contributed by atoms with Gasteiger partial charge in [0.25, 0.3) is 5.91 Å². The molecular formula is C18H27NO4. The molecule has 23 heavy (non-hydrogen) atoms. The molecular weight excluding hydrogens is 294 g/mol. The van der Waals surface area contributed by atoms with Crippen LogP contribution in [0.25, 0.3) is 0 Å². The van der Waals surface area contributed by atoms with Crippen LogP contribution in [0.15, 0.2) is 30.3 Å². The van der Waals surface area contributed by atoms with Gasteiger partial charge in [-0.3, -0.25) is 9.59 Å². The molecule has 0 fully saturated rings. The highest BCUT2D eigenvalue weighted by molar-refractivity contribution is 5.94. The van der Waals surface area contributed by atoms with E-state index >= 15 is 0 Å². The molecule has 1 aromatic rings. The van der Waals surface area contributed by atoms with E-state index in [1.165, 1.54) is 7.11 Å². The van der Waals surface area contributed by atoms with Crippen LogP contribution in [0, 0.1) is 5.92 Å². The van der Waals surface area contributed by atoms with Crippen LogP contribution in [-0.4, -0.2) is 36.2 Å². The van der Waals surface area contributed by atoms with Crippen molar-refractivity contribution in [3.8, 4) is 0 Å². The monoisotopic (exact) mass is 321 g/mol. The number of hydrogen-bond acceptors (Lipinski definition) is 4. The summed E-state index contributed by atoms with van der Waals surface area (Å²) in [4.78, 5) is 23.8. The number of aliphatic hydroxyl groups excluding tert-OH is 1. The first-order chi connectivity index (χ1) is 10.9. The zero-order chi connectivity index (χ0) is 17.2. The van der Waals surface area contributed by atoms with E-state index in [2.05, 4.69) is 23.9 Å². The van der Waals surface area contributed by atoms with Gasteiger partial charge in [0, 0.05) is 5.56 Å². The molecule has 0 aliphatic heterocycles. The second-order valence-electron chi connectivity index (χ2n) is 6.12. The van der Waals surface area contributed by atoms with Crippen molar-refractivity contribution in [2.24, 2.45) is 5.92 Å². The van der Waals surface area contributed by atoms with Gasteiger partial charge in [-0.2, -0.15) is 0 Å². The average Bonchev–Trinajstić information content (AvgIpc) is 2.54. The minimum Gasteiger partial charge on any atom is -0.469 e. The highest BCUT2D eigenvalue weighted by Gasteiger charge is 2.24. The number of ether oxygens (including phenoxy) is 1. The lowest BCUT2D eigenvalue weighted by molar-refractivity contribution is -0.141. The summed E-state index contributed by atoms with van der Waals surface area (Å²) in [5, 5.41) is 13.1. The molecule has 0 aliphatic rings. The van der Waals surface area contributed by atoms with Gasteiger partial charge >= 0.3 is 5.97 Å². The largest absolute Gasteiger partial charge is 0.469 e. The average molecular weight is 321 g/mol. The highest BCUT2D eigenvalue weighted by Crippen LogP contribution is 2.13. The summed E-state index contributed by atoms with van der Waals surface area (Å²) in [6.07, 6.45) is 1.56. The summed E-state index contributed by atoms with van der Waals surface area (Å²) in [6, 6.07) is 8.09. The lowest BCUT2D eigenvalue weighted by atomic mass is 9.98. The number of hydrogen-bond donors (Lipinski definition) is 2. The fraction of sp³-hybridized carbons (Fsp3) is 0.556. The normalized spacial score (nSPS) is 13.4. The van der Waals surface area contributed by atoms with Gasteiger partial charge in [-0.15, -0.1) is 0 Å². The Kier molecular flexibility index (Phi) is 8.33. The fourth-order valence-corrected chi connectivity index (χ4v) is 2.32. The minimum absolute atomic E-state index is 0.0437. The summed E-state index contributed by atoms with van der Waals surface area (Å²) >= 11 is 0. The third-order valence-electron chi connectivity index (χ3n) is 3.71.